The summed E-state index contributed by atoms with van der Waals surface area (Å²) in [7, 11) is 1.66. The van der Waals surface area contributed by atoms with Crippen LogP contribution in [0.15, 0.2) is 54.6 Å². The van der Waals surface area contributed by atoms with Gasteiger partial charge in [0.2, 0.25) is 5.88 Å². The van der Waals surface area contributed by atoms with Gasteiger partial charge in [-0.2, -0.15) is 0 Å². The number of rotatable bonds is 9. The zero-order chi connectivity index (χ0) is 19.9. The zero-order valence-corrected chi connectivity index (χ0v) is 16.2. The number of hydrogen-bond donors (Lipinski definition) is 1. The minimum Gasteiger partial charge on any atom is -0.497 e. The Morgan fingerprint density at radius 2 is 1.93 bits per heavy atom. The fourth-order valence-corrected chi connectivity index (χ4v) is 3.11. The fraction of sp³-hybridized carbons (Fsp3) is 0.304. The first-order valence-corrected chi connectivity index (χ1v) is 9.48. The number of carboxylic acids is 1. The van der Waals surface area contributed by atoms with E-state index < -0.39 is 5.97 Å². The summed E-state index contributed by atoms with van der Waals surface area (Å²) in [5.74, 6) is 0.301. The molecule has 3 aromatic rings. The van der Waals surface area contributed by atoms with Crippen LogP contribution in [-0.4, -0.2) is 29.8 Å². The number of benzene rings is 2. The number of carbonyl (C=O) groups is 1. The Labute approximate surface area is 164 Å². The van der Waals surface area contributed by atoms with Crippen molar-refractivity contribution < 1.29 is 19.4 Å². The van der Waals surface area contributed by atoms with Crippen LogP contribution in [0.2, 0.25) is 0 Å². The molecule has 1 atom stereocenters. The Bertz CT molecular complexity index is 954. The number of aromatic nitrogens is 1. The zero-order valence-electron chi connectivity index (χ0n) is 16.2. The highest BCUT2D eigenvalue weighted by atomic mass is 16.5. The van der Waals surface area contributed by atoms with Crippen LogP contribution in [0, 0.1) is 5.92 Å². The molecule has 0 aliphatic heterocycles. The Hall–Kier alpha value is -3.08. The van der Waals surface area contributed by atoms with Crippen molar-refractivity contribution >= 4 is 16.9 Å². The second-order valence-electron chi connectivity index (χ2n) is 6.84. The van der Waals surface area contributed by atoms with E-state index in [1.54, 1.807) is 14.0 Å². The van der Waals surface area contributed by atoms with Gasteiger partial charge in [-0.05, 0) is 48.6 Å². The predicted octanol–water partition coefficient (Wildman–Crippen LogP) is 5.18. The van der Waals surface area contributed by atoms with Gasteiger partial charge in [0, 0.05) is 11.5 Å². The fourth-order valence-electron chi connectivity index (χ4n) is 3.11. The summed E-state index contributed by atoms with van der Waals surface area (Å²) >= 11 is 0. The maximum absolute atomic E-state index is 10.9. The van der Waals surface area contributed by atoms with Crippen LogP contribution >= 0.6 is 0 Å². The summed E-state index contributed by atoms with van der Waals surface area (Å²) in [5, 5.41) is 10.00. The van der Waals surface area contributed by atoms with Gasteiger partial charge < -0.3 is 14.6 Å². The lowest BCUT2D eigenvalue weighted by Crippen LogP contribution is -2.09. The van der Waals surface area contributed by atoms with Gasteiger partial charge in [-0.15, -0.1) is 0 Å². The molecule has 0 aliphatic carbocycles. The molecule has 0 radical (unpaired) electrons. The molecule has 1 N–H and O–H groups in total. The number of para-hydroxylation sites is 1. The molecule has 1 heterocycles. The van der Waals surface area contributed by atoms with Crippen molar-refractivity contribution in [1.29, 1.82) is 0 Å². The first-order chi connectivity index (χ1) is 13.6. The normalized spacial score (nSPS) is 11.9. The molecule has 0 amide bonds. The van der Waals surface area contributed by atoms with E-state index in [0.717, 1.165) is 40.6 Å². The summed E-state index contributed by atoms with van der Waals surface area (Å²) in [6, 6.07) is 17.9. The quantitative estimate of drug-likeness (QED) is 0.519. The van der Waals surface area contributed by atoms with Gasteiger partial charge in [-0.25, -0.2) is 4.98 Å². The molecule has 146 valence electrons. The monoisotopic (exact) mass is 379 g/mol. The van der Waals surface area contributed by atoms with Crippen molar-refractivity contribution in [2.45, 2.75) is 26.2 Å². The van der Waals surface area contributed by atoms with E-state index in [1.165, 1.54) is 0 Å². The van der Waals surface area contributed by atoms with Crippen LogP contribution < -0.4 is 9.47 Å². The minimum atomic E-state index is -0.750. The summed E-state index contributed by atoms with van der Waals surface area (Å²) in [4.78, 5) is 15.5. The number of methoxy groups -OCH3 is 1. The van der Waals surface area contributed by atoms with Gasteiger partial charge in [0.25, 0.3) is 0 Å². The van der Waals surface area contributed by atoms with Gasteiger partial charge in [-0.3, -0.25) is 4.79 Å². The highest BCUT2D eigenvalue weighted by molar-refractivity contribution is 5.95. The SMILES string of the molecule is COc1cccc(-c2cc(OCCCCC(C)C(=O)O)nc3ccccc23)c1. The summed E-state index contributed by atoms with van der Waals surface area (Å²) < 4.78 is 11.2. The Morgan fingerprint density at radius 3 is 2.71 bits per heavy atom. The van der Waals surface area contributed by atoms with Crippen LogP contribution in [0.25, 0.3) is 22.0 Å². The molecule has 0 aliphatic rings. The first kappa shape index (κ1) is 19.7. The molecular weight excluding hydrogens is 354 g/mol. The van der Waals surface area contributed by atoms with Gasteiger partial charge in [-0.1, -0.05) is 37.3 Å². The number of aliphatic carboxylic acids is 1. The highest BCUT2D eigenvalue weighted by Gasteiger charge is 2.11. The number of nitrogens with zero attached hydrogens (tertiary/aromatic N) is 1. The highest BCUT2D eigenvalue weighted by Crippen LogP contribution is 2.32. The van der Waals surface area contributed by atoms with E-state index in [9.17, 15) is 4.79 Å². The van der Waals surface area contributed by atoms with E-state index in [1.807, 2.05) is 54.6 Å². The molecule has 1 unspecified atom stereocenters. The van der Waals surface area contributed by atoms with Crippen LogP contribution in [-0.2, 0) is 4.79 Å². The van der Waals surface area contributed by atoms with Crippen LogP contribution in [0.1, 0.15) is 26.2 Å². The van der Waals surface area contributed by atoms with E-state index in [0.29, 0.717) is 18.9 Å². The van der Waals surface area contributed by atoms with E-state index in [-0.39, 0.29) is 5.92 Å². The van der Waals surface area contributed by atoms with Gasteiger partial charge in [0.05, 0.1) is 25.2 Å². The number of pyridine rings is 1. The predicted molar refractivity (Wildman–Crippen MR) is 110 cm³/mol. The Kier molecular flexibility index (Phi) is 6.48. The third-order valence-electron chi connectivity index (χ3n) is 4.78. The van der Waals surface area contributed by atoms with Crippen molar-refractivity contribution in [2.75, 3.05) is 13.7 Å². The molecule has 0 bridgehead atoms. The number of fused-ring (bicyclic) bond motifs is 1. The van der Waals surface area contributed by atoms with Crippen LogP contribution in [0.3, 0.4) is 0 Å². The third-order valence-corrected chi connectivity index (χ3v) is 4.78. The maximum atomic E-state index is 10.9. The van der Waals surface area contributed by atoms with Crippen LogP contribution in [0.5, 0.6) is 11.6 Å². The van der Waals surface area contributed by atoms with Crippen molar-refractivity contribution in [1.82, 2.24) is 4.98 Å². The lowest BCUT2D eigenvalue weighted by Gasteiger charge is -2.12. The molecule has 0 spiro atoms. The Balaban J connectivity index is 1.77. The maximum Gasteiger partial charge on any atom is 0.306 e. The molecule has 0 saturated heterocycles. The smallest absolute Gasteiger partial charge is 0.306 e. The standard InChI is InChI=1S/C23H25NO4/c1-16(23(25)26)8-5-6-13-28-22-15-20(17-9-7-10-18(14-17)27-2)19-11-3-4-12-21(19)24-22/h3-4,7,9-12,14-16H,5-6,8,13H2,1-2H3,(H,25,26). The number of ether oxygens (including phenoxy) is 2. The molecule has 0 fully saturated rings. The summed E-state index contributed by atoms with van der Waals surface area (Å²) in [5.41, 5.74) is 2.95. The molecule has 5 heteroatoms. The topological polar surface area (TPSA) is 68.7 Å². The van der Waals surface area contributed by atoms with E-state index in [2.05, 4.69) is 4.98 Å². The van der Waals surface area contributed by atoms with Gasteiger partial charge >= 0.3 is 5.97 Å². The molecule has 2 aromatic carbocycles. The molecular formula is C23H25NO4. The molecule has 0 saturated carbocycles. The second-order valence-corrected chi connectivity index (χ2v) is 6.84. The minimum absolute atomic E-state index is 0.321. The molecule has 1 aromatic heterocycles. The number of unbranched alkanes of at least 4 members (excludes halogenated alkanes) is 1. The van der Waals surface area contributed by atoms with E-state index in [4.69, 9.17) is 14.6 Å². The number of hydrogen-bond acceptors (Lipinski definition) is 4. The first-order valence-electron chi connectivity index (χ1n) is 9.48. The number of carboxylic acid groups (broad SMARTS) is 1. The Morgan fingerprint density at radius 1 is 1.11 bits per heavy atom. The largest absolute Gasteiger partial charge is 0.497 e. The lowest BCUT2D eigenvalue weighted by atomic mass is 10.0. The van der Waals surface area contributed by atoms with Crippen molar-refractivity contribution in [3.05, 3.63) is 54.6 Å². The van der Waals surface area contributed by atoms with Crippen molar-refractivity contribution in [3.8, 4) is 22.8 Å². The average Bonchev–Trinajstić information content (AvgIpc) is 2.72. The van der Waals surface area contributed by atoms with Crippen molar-refractivity contribution in [2.24, 2.45) is 5.92 Å². The molecule has 5 nitrogen and oxygen atoms in total. The van der Waals surface area contributed by atoms with Crippen LogP contribution in [0.4, 0.5) is 0 Å². The van der Waals surface area contributed by atoms with Gasteiger partial charge in [0.15, 0.2) is 0 Å². The summed E-state index contributed by atoms with van der Waals surface area (Å²) in [6.07, 6.45) is 2.25. The molecule has 28 heavy (non-hydrogen) atoms. The second kappa shape index (κ2) is 9.22. The average molecular weight is 379 g/mol. The molecule has 3 rings (SSSR count). The van der Waals surface area contributed by atoms with E-state index >= 15 is 0 Å². The van der Waals surface area contributed by atoms with Crippen molar-refractivity contribution in [3.63, 3.8) is 0 Å². The third kappa shape index (κ3) is 4.80. The van der Waals surface area contributed by atoms with Gasteiger partial charge in [0.1, 0.15) is 5.75 Å². The lowest BCUT2D eigenvalue weighted by molar-refractivity contribution is -0.141. The summed E-state index contributed by atoms with van der Waals surface area (Å²) in [6.45, 7) is 2.24.